The Morgan fingerprint density at radius 2 is 2.18 bits per heavy atom. The second kappa shape index (κ2) is 8.64. The van der Waals surface area contributed by atoms with Crippen molar-refractivity contribution in [1.82, 2.24) is 5.32 Å². The Morgan fingerprint density at radius 1 is 1.53 bits per heavy atom. The van der Waals surface area contributed by atoms with Gasteiger partial charge in [0.05, 0.1) is 0 Å². The van der Waals surface area contributed by atoms with Gasteiger partial charge in [0.2, 0.25) is 0 Å². The Labute approximate surface area is 109 Å². The van der Waals surface area contributed by atoms with Crippen LogP contribution >= 0.6 is 11.8 Å². The highest BCUT2D eigenvalue weighted by molar-refractivity contribution is 7.98. The highest BCUT2D eigenvalue weighted by Crippen LogP contribution is 2.21. The van der Waals surface area contributed by atoms with Crippen molar-refractivity contribution in [2.45, 2.75) is 46.1 Å². The molecule has 0 aliphatic carbocycles. The molecule has 0 aromatic heterocycles. The molecule has 0 aromatic carbocycles. The van der Waals surface area contributed by atoms with Gasteiger partial charge < -0.3 is 16.3 Å². The third-order valence-corrected chi connectivity index (χ3v) is 3.67. The molecule has 0 rings (SSSR count). The fourth-order valence-electron chi connectivity index (χ4n) is 1.54. The molecule has 17 heavy (non-hydrogen) atoms. The molecule has 4 N–H and O–H groups in total. The van der Waals surface area contributed by atoms with Gasteiger partial charge in [0.1, 0.15) is 5.84 Å². The molecule has 0 amide bonds. The molecule has 0 saturated carbocycles. The summed E-state index contributed by atoms with van der Waals surface area (Å²) in [7, 11) is 0. The molecule has 0 aliphatic rings. The molecule has 0 bridgehead atoms. The monoisotopic (exact) mass is 261 g/mol. The maximum Gasteiger partial charge on any atom is 0.144 e. The Balaban J connectivity index is 3.70. The van der Waals surface area contributed by atoms with Gasteiger partial charge in [-0.15, -0.1) is 0 Å². The van der Waals surface area contributed by atoms with E-state index in [-0.39, 0.29) is 5.41 Å². The van der Waals surface area contributed by atoms with Crippen molar-refractivity contribution in [3.05, 3.63) is 0 Å². The summed E-state index contributed by atoms with van der Waals surface area (Å²) in [5, 5.41) is 15.2. The molecule has 0 saturated heterocycles. The van der Waals surface area contributed by atoms with E-state index in [2.05, 4.69) is 23.7 Å². The Kier molecular flexibility index (Phi) is 8.43. The minimum Gasteiger partial charge on any atom is -0.409 e. The van der Waals surface area contributed by atoms with Crippen molar-refractivity contribution in [3.8, 4) is 0 Å². The van der Waals surface area contributed by atoms with Crippen molar-refractivity contribution in [1.29, 1.82) is 0 Å². The zero-order valence-corrected chi connectivity index (χ0v) is 12.3. The largest absolute Gasteiger partial charge is 0.409 e. The summed E-state index contributed by atoms with van der Waals surface area (Å²) < 4.78 is 0. The summed E-state index contributed by atoms with van der Waals surface area (Å²) in [6, 6.07) is 0.564. The second-order valence-electron chi connectivity index (χ2n) is 5.11. The minimum atomic E-state index is -0.223. The fourth-order valence-corrected chi connectivity index (χ4v) is 2.13. The number of nitrogens with two attached hydrogens (primary N) is 1. The number of thioether (sulfide) groups is 1. The lowest BCUT2D eigenvalue weighted by molar-refractivity contribution is 0.304. The van der Waals surface area contributed by atoms with E-state index in [9.17, 15) is 0 Å². The topological polar surface area (TPSA) is 70.6 Å². The van der Waals surface area contributed by atoms with Crippen LogP contribution in [0.1, 0.15) is 40.0 Å². The van der Waals surface area contributed by atoms with E-state index in [4.69, 9.17) is 10.9 Å². The van der Waals surface area contributed by atoms with Gasteiger partial charge in [-0.1, -0.05) is 19.0 Å². The molecule has 1 unspecified atom stereocenters. The number of oxime groups is 1. The predicted molar refractivity (Wildman–Crippen MR) is 76.9 cm³/mol. The van der Waals surface area contributed by atoms with E-state index in [0.717, 1.165) is 19.4 Å². The van der Waals surface area contributed by atoms with Crippen molar-refractivity contribution in [2.24, 2.45) is 16.3 Å². The lowest BCUT2D eigenvalue weighted by Gasteiger charge is -2.23. The molecular formula is C12H27N3OS. The van der Waals surface area contributed by atoms with Crippen LogP contribution < -0.4 is 11.1 Å². The summed E-state index contributed by atoms with van der Waals surface area (Å²) in [6.45, 7) is 7.20. The van der Waals surface area contributed by atoms with Gasteiger partial charge in [0.15, 0.2) is 0 Å². The average molecular weight is 261 g/mol. The van der Waals surface area contributed by atoms with E-state index in [1.165, 1.54) is 12.2 Å². The summed E-state index contributed by atoms with van der Waals surface area (Å²) in [5.74, 6) is 1.51. The van der Waals surface area contributed by atoms with Crippen LogP contribution in [0.15, 0.2) is 5.16 Å². The zero-order valence-electron chi connectivity index (χ0n) is 11.5. The normalized spacial score (nSPS) is 14.9. The first-order valence-corrected chi connectivity index (χ1v) is 7.53. The van der Waals surface area contributed by atoms with E-state index in [1.807, 2.05) is 25.6 Å². The molecule has 0 fully saturated rings. The second-order valence-corrected chi connectivity index (χ2v) is 6.09. The van der Waals surface area contributed by atoms with Crippen LogP contribution in [0.5, 0.6) is 0 Å². The van der Waals surface area contributed by atoms with Crippen LogP contribution in [0, 0.1) is 5.41 Å². The Morgan fingerprint density at radius 3 is 2.71 bits per heavy atom. The molecule has 0 spiro atoms. The fraction of sp³-hybridized carbons (Fsp3) is 0.917. The molecule has 4 nitrogen and oxygen atoms in total. The molecule has 0 aliphatic heterocycles. The highest BCUT2D eigenvalue weighted by atomic mass is 32.2. The van der Waals surface area contributed by atoms with E-state index < -0.39 is 0 Å². The summed E-state index contributed by atoms with van der Waals surface area (Å²) in [6.07, 6.45) is 5.29. The average Bonchev–Trinajstić information content (AvgIpc) is 2.30. The van der Waals surface area contributed by atoms with Crippen LogP contribution in [0.4, 0.5) is 0 Å². The van der Waals surface area contributed by atoms with E-state index >= 15 is 0 Å². The number of hydrogen-bond acceptors (Lipinski definition) is 4. The number of nitrogens with zero attached hydrogens (tertiary/aromatic N) is 1. The molecule has 102 valence electrons. The number of nitrogens with one attached hydrogen (secondary N) is 1. The first kappa shape index (κ1) is 16.6. The third-order valence-electron chi connectivity index (χ3n) is 3.03. The lowest BCUT2D eigenvalue weighted by atomic mass is 9.86. The SMILES string of the molecule is CSCCC(C)NCCCC(C)(C)C(N)=NO. The smallest absolute Gasteiger partial charge is 0.144 e. The van der Waals surface area contributed by atoms with Crippen LogP contribution in [0.2, 0.25) is 0 Å². The highest BCUT2D eigenvalue weighted by Gasteiger charge is 2.22. The molecule has 0 aromatic rings. The van der Waals surface area contributed by atoms with Gasteiger partial charge >= 0.3 is 0 Å². The third kappa shape index (κ3) is 7.49. The van der Waals surface area contributed by atoms with Crippen LogP contribution in [0.25, 0.3) is 0 Å². The van der Waals surface area contributed by atoms with E-state index in [0.29, 0.717) is 11.9 Å². The summed E-state index contributed by atoms with van der Waals surface area (Å²) in [5.41, 5.74) is 5.41. The number of rotatable bonds is 9. The number of hydrogen-bond donors (Lipinski definition) is 3. The molecule has 0 heterocycles. The Hall–Kier alpha value is -0.420. The van der Waals surface area contributed by atoms with Gasteiger partial charge in [-0.2, -0.15) is 11.8 Å². The predicted octanol–water partition coefficient (Wildman–Crippen LogP) is 2.27. The Bertz CT molecular complexity index is 232. The first-order valence-electron chi connectivity index (χ1n) is 6.14. The van der Waals surface area contributed by atoms with Gasteiger partial charge in [-0.3, -0.25) is 0 Å². The van der Waals surface area contributed by atoms with Crippen LogP contribution in [-0.4, -0.2) is 35.6 Å². The van der Waals surface area contributed by atoms with Gasteiger partial charge in [0, 0.05) is 11.5 Å². The number of amidine groups is 1. The van der Waals surface area contributed by atoms with Crippen LogP contribution in [0.3, 0.4) is 0 Å². The van der Waals surface area contributed by atoms with Gasteiger partial charge in [-0.05, 0) is 44.7 Å². The van der Waals surface area contributed by atoms with Crippen molar-refractivity contribution < 1.29 is 5.21 Å². The molecular weight excluding hydrogens is 234 g/mol. The lowest BCUT2D eigenvalue weighted by Crippen LogP contribution is -2.33. The molecule has 1 atom stereocenters. The zero-order chi connectivity index (χ0) is 13.3. The minimum absolute atomic E-state index is 0.223. The van der Waals surface area contributed by atoms with Crippen molar-refractivity contribution in [3.63, 3.8) is 0 Å². The standard InChI is InChI=1S/C12H27N3OS/c1-10(6-9-17-4)14-8-5-7-12(2,3)11(13)15-16/h10,14,16H,5-9H2,1-4H3,(H2,13,15). The maximum absolute atomic E-state index is 8.66. The van der Waals surface area contributed by atoms with Crippen LogP contribution in [-0.2, 0) is 0 Å². The summed E-state index contributed by atoms with van der Waals surface area (Å²) in [4.78, 5) is 0. The van der Waals surface area contributed by atoms with E-state index in [1.54, 1.807) is 0 Å². The molecule has 0 radical (unpaired) electrons. The molecule has 5 heteroatoms. The van der Waals surface area contributed by atoms with Crippen molar-refractivity contribution in [2.75, 3.05) is 18.6 Å². The quantitative estimate of drug-likeness (QED) is 0.196. The van der Waals surface area contributed by atoms with Crippen molar-refractivity contribution >= 4 is 17.6 Å². The summed E-state index contributed by atoms with van der Waals surface area (Å²) >= 11 is 1.88. The maximum atomic E-state index is 8.66. The van der Waals surface area contributed by atoms with Gasteiger partial charge in [-0.25, -0.2) is 0 Å². The van der Waals surface area contributed by atoms with Gasteiger partial charge in [0.25, 0.3) is 0 Å². The first-order chi connectivity index (χ1) is 7.94.